The number of aromatic nitrogens is 3. The van der Waals surface area contributed by atoms with E-state index in [2.05, 4.69) is 15.2 Å². The largest absolute Gasteiger partial charge is 0.453 e. The predicted molar refractivity (Wildman–Crippen MR) is 76.8 cm³/mol. The number of carbonyl (C=O) groups excluding carboxylic acids is 2. The maximum absolute atomic E-state index is 12.3. The first-order valence-corrected chi connectivity index (χ1v) is 6.96. The number of benzene rings is 1. The van der Waals surface area contributed by atoms with E-state index in [1.165, 1.54) is 4.90 Å². The predicted octanol–water partition coefficient (Wildman–Crippen LogP) is 1.37. The Morgan fingerprint density at radius 3 is 2.91 bits per heavy atom. The van der Waals surface area contributed by atoms with E-state index in [0.717, 1.165) is 5.56 Å². The second kappa shape index (κ2) is 5.59. The summed E-state index contributed by atoms with van der Waals surface area (Å²) in [7, 11) is 1.68. The number of H-pyrrole nitrogens is 1. The lowest BCUT2D eigenvalue weighted by Gasteiger charge is -2.17. The van der Waals surface area contributed by atoms with Gasteiger partial charge in [0, 0.05) is 12.6 Å². The molecule has 7 nitrogen and oxygen atoms in total. The fraction of sp³-hybridized carbons (Fsp3) is 0.333. The van der Waals surface area contributed by atoms with Crippen LogP contribution in [0.15, 0.2) is 24.3 Å². The van der Waals surface area contributed by atoms with Crippen LogP contribution in [-0.4, -0.2) is 39.0 Å². The highest BCUT2D eigenvalue weighted by atomic mass is 16.5. The Balaban J connectivity index is 1.66. The van der Waals surface area contributed by atoms with Gasteiger partial charge >= 0.3 is 5.97 Å². The van der Waals surface area contributed by atoms with E-state index in [1.54, 1.807) is 26.1 Å². The molecule has 1 aromatic heterocycles. The molecule has 0 saturated heterocycles. The van der Waals surface area contributed by atoms with Gasteiger partial charge in [-0.05, 0) is 13.0 Å². The zero-order valence-corrected chi connectivity index (χ0v) is 12.4. The molecule has 0 radical (unpaired) electrons. The molecule has 1 N–H and O–H groups in total. The molecule has 1 unspecified atom stereocenters. The highest BCUT2D eigenvalue weighted by molar-refractivity contribution is 5.94. The van der Waals surface area contributed by atoms with Gasteiger partial charge < -0.3 is 9.64 Å². The molecule has 2 heterocycles. The second-order valence-corrected chi connectivity index (χ2v) is 5.27. The van der Waals surface area contributed by atoms with Crippen LogP contribution in [0.5, 0.6) is 0 Å². The molecule has 3 rings (SSSR count). The van der Waals surface area contributed by atoms with Crippen LogP contribution in [0, 0.1) is 6.92 Å². The van der Waals surface area contributed by atoms with Gasteiger partial charge in [-0.1, -0.05) is 18.2 Å². The van der Waals surface area contributed by atoms with Crippen molar-refractivity contribution in [2.45, 2.75) is 26.0 Å². The van der Waals surface area contributed by atoms with E-state index < -0.39 is 6.10 Å². The van der Waals surface area contributed by atoms with Crippen molar-refractivity contribution < 1.29 is 14.3 Å². The van der Waals surface area contributed by atoms with Gasteiger partial charge in [0.05, 0.1) is 18.5 Å². The van der Waals surface area contributed by atoms with E-state index >= 15 is 0 Å². The first kappa shape index (κ1) is 14.2. The maximum Gasteiger partial charge on any atom is 0.339 e. The van der Waals surface area contributed by atoms with Crippen LogP contribution in [0.4, 0.5) is 0 Å². The van der Waals surface area contributed by atoms with Gasteiger partial charge in [0.15, 0.2) is 5.82 Å². The van der Waals surface area contributed by atoms with Gasteiger partial charge in [-0.3, -0.25) is 9.89 Å². The number of ether oxygens (including phenoxy) is 1. The summed E-state index contributed by atoms with van der Waals surface area (Å²) in [6, 6.07) is 7.14. The summed E-state index contributed by atoms with van der Waals surface area (Å²) in [6.07, 6.45) is -0.407. The monoisotopic (exact) mass is 300 g/mol. The number of amides is 1. The summed E-state index contributed by atoms with van der Waals surface area (Å²) in [4.78, 5) is 29.7. The molecule has 7 heteroatoms. The lowest BCUT2D eigenvalue weighted by Crippen LogP contribution is -2.28. The van der Waals surface area contributed by atoms with Gasteiger partial charge in [0.25, 0.3) is 0 Å². The third kappa shape index (κ3) is 2.69. The van der Waals surface area contributed by atoms with Gasteiger partial charge in [-0.25, -0.2) is 9.78 Å². The van der Waals surface area contributed by atoms with Gasteiger partial charge in [0.1, 0.15) is 11.9 Å². The van der Waals surface area contributed by atoms with Crippen molar-refractivity contribution in [3.8, 4) is 0 Å². The van der Waals surface area contributed by atoms with Crippen molar-refractivity contribution in [2.75, 3.05) is 7.05 Å². The number of nitrogens with zero attached hydrogens (tertiary/aromatic N) is 3. The highest BCUT2D eigenvalue weighted by Crippen LogP contribution is 2.33. The fourth-order valence-electron chi connectivity index (χ4n) is 2.45. The molecular weight excluding hydrogens is 284 g/mol. The standard InChI is InChI=1S/C15H16N4O3/c1-9-16-13(18-17-9)8-19(2)14(20)7-12-10-5-3-4-6-11(10)15(21)22-12/h3-6,12H,7-8H2,1-2H3,(H,16,17,18). The molecule has 1 amide bonds. The molecule has 1 aliphatic rings. The number of aryl methyl sites for hydroxylation is 1. The summed E-state index contributed by atoms with van der Waals surface area (Å²) in [5.74, 6) is 0.754. The van der Waals surface area contributed by atoms with Crippen LogP contribution in [0.2, 0.25) is 0 Å². The molecule has 114 valence electrons. The molecule has 22 heavy (non-hydrogen) atoms. The Hall–Kier alpha value is -2.70. The molecule has 1 aliphatic heterocycles. The average Bonchev–Trinajstić information content (AvgIpc) is 3.04. The third-order valence-corrected chi connectivity index (χ3v) is 3.58. The van der Waals surface area contributed by atoms with Crippen molar-refractivity contribution in [2.24, 2.45) is 0 Å². The smallest absolute Gasteiger partial charge is 0.339 e. The molecule has 0 spiro atoms. The van der Waals surface area contributed by atoms with Crippen LogP contribution < -0.4 is 0 Å². The third-order valence-electron chi connectivity index (χ3n) is 3.58. The fourth-order valence-corrected chi connectivity index (χ4v) is 2.45. The lowest BCUT2D eigenvalue weighted by molar-refractivity contribution is -0.132. The number of hydrogen-bond donors (Lipinski definition) is 1. The number of esters is 1. The van der Waals surface area contributed by atoms with Crippen LogP contribution in [0.25, 0.3) is 0 Å². The minimum atomic E-state index is -0.521. The van der Waals surface area contributed by atoms with Crippen LogP contribution in [0.3, 0.4) is 0 Å². The topological polar surface area (TPSA) is 88.2 Å². The van der Waals surface area contributed by atoms with Gasteiger partial charge in [0.2, 0.25) is 5.91 Å². The van der Waals surface area contributed by atoms with Crippen molar-refractivity contribution in [1.29, 1.82) is 0 Å². The Morgan fingerprint density at radius 1 is 1.41 bits per heavy atom. The number of nitrogens with one attached hydrogen (secondary N) is 1. The van der Waals surface area contributed by atoms with E-state index in [1.807, 2.05) is 12.1 Å². The number of aromatic amines is 1. The van der Waals surface area contributed by atoms with Crippen molar-refractivity contribution in [1.82, 2.24) is 20.1 Å². The molecule has 2 aromatic rings. The number of fused-ring (bicyclic) bond motifs is 1. The Kier molecular flexibility index (Phi) is 3.62. The maximum atomic E-state index is 12.3. The average molecular weight is 300 g/mol. The summed E-state index contributed by atoms with van der Waals surface area (Å²) < 4.78 is 5.28. The van der Waals surface area contributed by atoms with E-state index in [-0.39, 0.29) is 18.3 Å². The first-order chi connectivity index (χ1) is 10.5. The number of hydrogen-bond acceptors (Lipinski definition) is 5. The molecule has 0 fully saturated rings. The first-order valence-electron chi connectivity index (χ1n) is 6.96. The number of cyclic esters (lactones) is 1. The normalized spacial score (nSPS) is 16.3. The van der Waals surface area contributed by atoms with Gasteiger partial charge in [-0.2, -0.15) is 5.10 Å². The van der Waals surface area contributed by atoms with E-state index in [9.17, 15) is 9.59 Å². The van der Waals surface area contributed by atoms with Crippen molar-refractivity contribution in [3.63, 3.8) is 0 Å². The molecule has 1 atom stereocenters. The summed E-state index contributed by atoms with van der Waals surface area (Å²) in [6.45, 7) is 2.11. The molecule has 0 bridgehead atoms. The zero-order valence-electron chi connectivity index (χ0n) is 12.4. The summed E-state index contributed by atoms with van der Waals surface area (Å²) in [5.41, 5.74) is 1.30. The minimum Gasteiger partial charge on any atom is -0.453 e. The van der Waals surface area contributed by atoms with Gasteiger partial charge in [-0.15, -0.1) is 0 Å². The molecular formula is C15H16N4O3. The molecule has 1 aromatic carbocycles. The Bertz CT molecular complexity index is 725. The lowest BCUT2D eigenvalue weighted by atomic mass is 10.0. The SMILES string of the molecule is Cc1nc(CN(C)C(=O)CC2OC(=O)c3ccccc32)n[nH]1. The Morgan fingerprint density at radius 2 is 2.18 bits per heavy atom. The van der Waals surface area contributed by atoms with Crippen LogP contribution in [0.1, 0.15) is 40.1 Å². The summed E-state index contributed by atoms with van der Waals surface area (Å²) in [5, 5.41) is 6.74. The Labute approximate surface area is 127 Å². The van der Waals surface area contributed by atoms with Crippen molar-refractivity contribution >= 4 is 11.9 Å². The number of carbonyl (C=O) groups is 2. The number of rotatable bonds is 4. The highest BCUT2D eigenvalue weighted by Gasteiger charge is 2.32. The molecule has 0 aliphatic carbocycles. The van der Waals surface area contributed by atoms with Crippen LogP contribution >= 0.6 is 0 Å². The quantitative estimate of drug-likeness (QED) is 0.862. The van der Waals surface area contributed by atoms with E-state index in [0.29, 0.717) is 23.8 Å². The summed E-state index contributed by atoms with van der Waals surface area (Å²) >= 11 is 0. The second-order valence-electron chi connectivity index (χ2n) is 5.27. The molecule has 0 saturated carbocycles. The van der Waals surface area contributed by atoms with Crippen LogP contribution in [-0.2, 0) is 16.1 Å². The minimum absolute atomic E-state index is 0.114. The van der Waals surface area contributed by atoms with E-state index in [4.69, 9.17) is 4.74 Å². The zero-order chi connectivity index (χ0) is 15.7. The van der Waals surface area contributed by atoms with Crippen molar-refractivity contribution in [3.05, 3.63) is 47.0 Å².